The molecule has 1 saturated heterocycles. The first-order valence-electron chi connectivity index (χ1n) is 10.6. The van der Waals surface area contributed by atoms with Gasteiger partial charge in [-0.2, -0.15) is 15.5 Å². The van der Waals surface area contributed by atoms with Crippen LogP contribution in [-0.2, 0) is 11.8 Å². The van der Waals surface area contributed by atoms with Gasteiger partial charge in [0.1, 0.15) is 11.9 Å². The van der Waals surface area contributed by atoms with Crippen molar-refractivity contribution >= 4 is 17.2 Å². The fourth-order valence-corrected chi connectivity index (χ4v) is 4.17. The summed E-state index contributed by atoms with van der Waals surface area (Å²) in [4.78, 5) is 20.5. The largest absolute Gasteiger partial charge is 0.353 e. The lowest BCUT2D eigenvalue weighted by molar-refractivity contribution is -0.126. The van der Waals surface area contributed by atoms with E-state index >= 15 is 0 Å². The van der Waals surface area contributed by atoms with Crippen molar-refractivity contribution in [2.45, 2.75) is 0 Å². The van der Waals surface area contributed by atoms with Crippen molar-refractivity contribution in [3.05, 3.63) is 67.4 Å². The number of pyridine rings is 2. The minimum Gasteiger partial charge on any atom is -0.353 e. The molecular weight excluding hydrogens is 416 g/mol. The second-order valence-electron chi connectivity index (χ2n) is 7.93. The number of nitrogens with zero attached hydrogens (tertiary/aromatic N) is 8. The van der Waals surface area contributed by atoms with Gasteiger partial charge in [0, 0.05) is 74.1 Å². The second kappa shape index (κ2) is 8.24. The first-order chi connectivity index (χ1) is 16.1. The fraction of sp³-hybridized carbons (Fsp3) is 0.208. The molecular formula is C24H22N8O. The minimum absolute atomic E-state index is 0.0374. The number of nitriles is 1. The molecule has 33 heavy (non-hydrogen) atoms. The number of carbonyl (C=O) groups excluding carboxylic acids is 1. The lowest BCUT2D eigenvalue weighted by atomic mass is 10.0. The van der Waals surface area contributed by atoms with Crippen molar-refractivity contribution in [3.63, 3.8) is 0 Å². The summed E-state index contributed by atoms with van der Waals surface area (Å²) in [6, 6.07) is 8.28. The van der Waals surface area contributed by atoms with Gasteiger partial charge in [-0.3, -0.25) is 9.48 Å². The molecule has 0 radical (unpaired) electrons. The van der Waals surface area contributed by atoms with Gasteiger partial charge < -0.3 is 9.80 Å². The Morgan fingerprint density at radius 2 is 1.88 bits per heavy atom. The third kappa shape index (κ3) is 3.72. The second-order valence-corrected chi connectivity index (χ2v) is 7.93. The molecule has 4 aromatic rings. The number of aromatic nitrogens is 5. The van der Waals surface area contributed by atoms with E-state index in [1.807, 2.05) is 43.8 Å². The first kappa shape index (κ1) is 20.5. The van der Waals surface area contributed by atoms with Crippen LogP contribution in [0.3, 0.4) is 0 Å². The summed E-state index contributed by atoms with van der Waals surface area (Å²) in [7, 11) is 1.88. The highest BCUT2D eigenvalue weighted by molar-refractivity contribution is 5.88. The van der Waals surface area contributed by atoms with Crippen LogP contribution in [0.25, 0.3) is 27.8 Å². The van der Waals surface area contributed by atoms with Crippen molar-refractivity contribution in [3.8, 4) is 28.3 Å². The number of anilines is 1. The molecule has 1 aliphatic rings. The van der Waals surface area contributed by atoms with Crippen LogP contribution in [0.5, 0.6) is 0 Å². The number of carbonyl (C=O) groups is 1. The van der Waals surface area contributed by atoms with Gasteiger partial charge in [-0.1, -0.05) is 6.58 Å². The van der Waals surface area contributed by atoms with Gasteiger partial charge in [0.05, 0.1) is 23.5 Å². The Kier molecular flexibility index (Phi) is 5.11. The smallest absolute Gasteiger partial charge is 0.246 e. The zero-order valence-corrected chi connectivity index (χ0v) is 18.2. The van der Waals surface area contributed by atoms with E-state index < -0.39 is 0 Å². The molecule has 4 aromatic heterocycles. The van der Waals surface area contributed by atoms with Crippen LogP contribution >= 0.6 is 0 Å². The van der Waals surface area contributed by atoms with Gasteiger partial charge >= 0.3 is 0 Å². The lowest BCUT2D eigenvalue weighted by Gasteiger charge is -2.34. The van der Waals surface area contributed by atoms with Crippen molar-refractivity contribution in [1.82, 2.24) is 29.3 Å². The Morgan fingerprint density at radius 3 is 2.52 bits per heavy atom. The topological polar surface area (TPSA) is 95.4 Å². The molecule has 0 N–H and O–H groups in total. The summed E-state index contributed by atoms with van der Waals surface area (Å²) in [5.41, 5.74) is 4.94. The van der Waals surface area contributed by atoms with Crippen LogP contribution in [0.1, 0.15) is 5.56 Å². The number of amides is 1. The number of piperazine rings is 1. The maximum absolute atomic E-state index is 11.8. The molecule has 0 unspecified atom stereocenters. The molecule has 9 heteroatoms. The lowest BCUT2D eigenvalue weighted by Crippen LogP contribution is -2.48. The molecule has 0 atom stereocenters. The van der Waals surface area contributed by atoms with Crippen molar-refractivity contribution in [2.24, 2.45) is 7.05 Å². The van der Waals surface area contributed by atoms with Crippen molar-refractivity contribution < 1.29 is 4.79 Å². The molecule has 1 amide bonds. The number of hydrogen-bond acceptors (Lipinski definition) is 6. The number of hydrogen-bond donors (Lipinski definition) is 0. The molecule has 0 bridgehead atoms. The Labute approximate surface area is 190 Å². The van der Waals surface area contributed by atoms with E-state index in [1.54, 1.807) is 26.5 Å². The maximum Gasteiger partial charge on any atom is 0.246 e. The molecule has 0 spiro atoms. The molecule has 1 fully saturated rings. The van der Waals surface area contributed by atoms with E-state index in [9.17, 15) is 10.1 Å². The van der Waals surface area contributed by atoms with Crippen molar-refractivity contribution in [2.75, 3.05) is 31.1 Å². The fourth-order valence-electron chi connectivity index (χ4n) is 4.17. The number of rotatable bonds is 4. The summed E-state index contributed by atoms with van der Waals surface area (Å²) in [5.74, 6) is 0.822. The molecule has 5 rings (SSSR count). The average Bonchev–Trinajstić information content (AvgIpc) is 3.49. The molecule has 9 nitrogen and oxygen atoms in total. The zero-order valence-electron chi connectivity index (χ0n) is 18.2. The van der Waals surface area contributed by atoms with E-state index in [0.29, 0.717) is 31.7 Å². The van der Waals surface area contributed by atoms with E-state index in [1.165, 1.54) is 6.08 Å². The van der Waals surface area contributed by atoms with Crippen LogP contribution in [0.2, 0.25) is 0 Å². The van der Waals surface area contributed by atoms with Crippen LogP contribution < -0.4 is 4.90 Å². The van der Waals surface area contributed by atoms with Crippen LogP contribution in [-0.4, -0.2) is 61.4 Å². The SMILES string of the molecule is C=CC(=O)N1CCN(c2ccc(-c3cc(-c4cnn(C)c4)cn4ncc(C#N)c34)cn2)CC1. The average molecular weight is 438 g/mol. The van der Waals surface area contributed by atoms with Gasteiger partial charge in [0.2, 0.25) is 5.91 Å². The van der Waals surface area contributed by atoms with E-state index in [0.717, 1.165) is 33.6 Å². The predicted molar refractivity (Wildman–Crippen MR) is 124 cm³/mol. The molecule has 1 aliphatic heterocycles. The quantitative estimate of drug-likeness (QED) is 0.455. The van der Waals surface area contributed by atoms with Crippen LogP contribution in [0.15, 0.2) is 61.8 Å². The standard InChI is InChI=1S/C24H22N8O/c1-3-23(33)31-8-6-30(7-9-31)22-5-4-17(12-26-22)21-10-18(20-14-27-29(2)15-20)16-32-24(21)19(11-25)13-28-32/h3-5,10,12-16H,1,6-9H2,2H3. The molecule has 0 aliphatic carbocycles. The Morgan fingerprint density at radius 1 is 1.06 bits per heavy atom. The van der Waals surface area contributed by atoms with Crippen LogP contribution in [0, 0.1) is 11.3 Å². The summed E-state index contributed by atoms with van der Waals surface area (Å²) < 4.78 is 3.49. The third-order valence-corrected chi connectivity index (χ3v) is 5.92. The Bertz CT molecular complexity index is 1380. The van der Waals surface area contributed by atoms with Crippen molar-refractivity contribution in [1.29, 1.82) is 5.26 Å². The van der Waals surface area contributed by atoms with E-state index in [-0.39, 0.29) is 5.91 Å². The van der Waals surface area contributed by atoms with E-state index in [2.05, 4.69) is 27.7 Å². The zero-order chi connectivity index (χ0) is 22.9. The molecule has 0 saturated carbocycles. The first-order valence-corrected chi connectivity index (χ1v) is 10.6. The van der Waals surface area contributed by atoms with E-state index in [4.69, 9.17) is 4.98 Å². The summed E-state index contributed by atoms with van der Waals surface area (Å²) in [6.45, 7) is 6.28. The van der Waals surface area contributed by atoms with Crippen LogP contribution in [0.4, 0.5) is 5.82 Å². The van der Waals surface area contributed by atoms with Gasteiger partial charge in [-0.25, -0.2) is 9.50 Å². The van der Waals surface area contributed by atoms with Gasteiger partial charge in [-0.05, 0) is 24.3 Å². The van der Waals surface area contributed by atoms with Gasteiger partial charge in [-0.15, -0.1) is 0 Å². The number of aryl methyl sites for hydroxylation is 1. The minimum atomic E-state index is -0.0374. The highest BCUT2D eigenvalue weighted by Gasteiger charge is 2.21. The van der Waals surface area contributed by atoms with Gasteiger partial charge in [0.25, 0.3) is 0 Å². The summed E-state index contributed by atoms with van der Waals surface area (Å²) >= 11 is 0. The summed E-state index contributed by atoms with van der Waals surface area (Å²) in [6.07, 6.45) is 10.4. The Balaban J connectivity index is 1.49. The molecule has 0 aromatic carbocycles. The number of fused-ring (bicyclic) bond motifs is 1. The highest BCUT2D eigenvalue weighted by Crippen LogP contribution is 2.32. The monoisotopic (exact) mass is 438 g/mol. The maximum atomic E-state index is 11.8. The highest BCUT2D eigenvalue weighted by atomic mass is 16.2. The summed E-state index contributed by atoms with van der Waals surface area (Å²) in [5, 5.41) is 18.3. The predicted octanol–water partition coefficient (Wildman–Crippen LogP) is 2.50. The third-order valence-electron chi connectivity index (χ3n) is 5.92. The Hall–Kier alpha value is -4.45. The van der Waals surface area contributed by atoms with Gasteiger partial charge in [0.15, 0.2) is 0 Å². The molecule has 164 valence electrons. The normalized spacial score (nSPS) is 13.8. The molecule has 5 heterocycles.